The number of likely N-dealkylation sites (N-methyl/N-ethyl adjacent to an activating group) is 2. The van der Waals surface area contributed by atoms with Crippen molar-refractivity contribution in [2.24, 2.45) is 5.92 Å². The fraction of sp³-hybridized carbons (Fsp3) is 0.362. The van der Waals surface area contributed by atoms with Gasteiger partial charge in [-0.15, -0.1) is 12.3 Å². The van der Waals surface area contributed by atoms with Crippen molar-refractivity contribution < 1.29 is 38.1 Å². The second-order valence-corrected chi connectivity index (χ2v) is 18.6. The Bertz CT molecular complexity index is 2720. The summed E-state index contributed by atoms with van der Waals surface area (Å²) >= 11 is 0. The van der Waals surface area contributed by atoms with E-state index in [0.29, 0.717) is 57.9 Å². The number of carbonyl (C=O) groups is 2. The minimum Gasteiger partial charge on any atom is -0.465 e. The standard InChI is InChI=1S/C47H51N7O8S/c1-6-31-20-23-53(24-21-31)44-48-40-19-14-32(39-29-50(3)43(55)41-37(39)22-25-54(41)63(60,61)36-17-12-30(2)13-18-36)26-38(40)42(49-44)47(62-35-15-16-35,33-10-8-7-9-11-33)27-34(52(5)46(58)59)28-51(4)45(56)57/h1,7-14,17-19,22,25-26,29,31,34-35,43,55H,15-16,20-21,23-24,27-28H2,2-5H3,(H,56,57)(H,58,59). The first-order chi connectivity index (χ1) is 30.1. The Balaban J connectivity index is 1.36. The summed E-state index contributed by atoms with van der Waals surface area (Å²) in [5.41, 5.74) is 3.19. The van der Waals surface area contributed by atoms with Crippen molar-refractivity contribution in [3.8, 4) is 12.3 Å². The van der Waals surface area contributed by atoms with E-state index in [9.17, 15) is 33.3 Å². The van der Waals surface area contributed by atoms with Gasteiger partial charge in [-0.05, 0) is 74.1 Å². The molecule has 2 aliphatic heterocycles. The van der Waals surface area contributed by atoms with Crippen LogP contribution in [0.1, 0.15) is 72.0 Å². The molecule has 2 aromatic heterocycles. The van der Waals surface area contributed by atoms with E-state index in [4.69, 9.17) is 21.1 Å². The number of carboxylic acid groups (broad SMARTS) is 2. The number of amides is 2. The Kier molecular flexibility index (Phi) is 11.7. The van der Waals surface area contributed by atoms with E-state index in [1.807, 2.05) is 55.5 Å². The molecule has 1 saturated carbocycles. The summed E-state index contributed by atoms with van der Waals surface area (Å²) in [5, 5.41) is 32.6. The van der Waals surface area contributed by atoms with E-state index in [1.165, 1.54) is 20.3 Å². The average molecular weight is 874 g/mol. The molecular weight excluding hydrogens is 823 g/mol. The number of terminal acetylenes is 1. The highest BCUT2D eigenvalue weighted by atomic mass is 32.2. The molecule has 0 spiro atoms. The minimum atomic E-state index is -4.11. The van der Waals surface area contributed by atoms with E-state index in [1.54, 1.807) is 48.5 Å². The van der Waals surface area contributed by atoms with E-state index < -0.39 is 40.1 Å². The van der Waals surface area contributed by atoms with Gasteiger partial charge < -0.3 is 39.7 Å². The number of aryl methyl sites for hydroxylation is 1. The third kappa shape index (κ3) is 8.31. The van der Waals surface area contributed by atoms with Crippen LogP contribution in [0.25, 0.3) is 16.5 Å². The summed E-state index contributed by atoms with van der Waals surface area (Å²) < 4.78 is 36.6. The van der Waals surface area contributed by atoms with Gasteiger partial charge in [0.15, 0.2) is 6.23 Å². The number of aliphatic hydroxyl groups excluding tert-OH is 1. The third-order valence-electron chi connectivity index (χ3n) is 12.4. The molecule has 0 radical (unpaired) electrons. The molecule has 4 heterocycles. The Morgan fingerprint density at radius 3 is 2.30 bits per heavy atom. The van der Waals surface area contributed by atoms with Crippen molar-refractivity contribution in [1.82, 2.24) is 28.6 Å². The Hall–Kier alpha value is -6.41. The fourth-order valence-electron chi connectivity index (χ4n) is 8.59. The molecule has 3 aromatic carbocycles. The molecule has 2 amide bonds. The molecule has 0 bridgehead atoms. The number of hydrogen-bond acceptors (Lipinski definition) is 10. The first kappa shape index (κ1) is 43.2. The Morgan fingerprint density at radius 1 is 0.968 bits per heavy atom. The summed E-state index contributed by atoms with van der Waals surface area (Å²) in [6.45, 7) is 2.94. The van der Waals surface area contributed by atoms with Gasteiger partial charge in [-0.25, -0.2) is 31.9 Å². The Labute approximate surface area is 366 Å². The van der Waals surface area contributed by atoms with Crippen LogP contribution in [0.4, 0.5) is 15.5 Å². The van der Waals surface area contributed by atoms with E-state index >= 15 is 0 Å². The van der Waals surface area contributed by atoms with Crippen LogP contribution in [0.2, 0.25) is 0 Å². The highest BCUT2D eigenvalue weighted by molar-refractivity contribution is 7.90. The molecule has 3 unspecified atom stereocenters. The van der Waals surface area contributed by atoms with Gasteiger partial charge >= 0.3 is 12.2 Å². The Morgan fingerprint density at radius 2 is 1.67 bits per heavy atom. The molecular formula is C47H51N7O8S. The molecule has 3 N–H and O–H groups in total. The first-order valence-corrected chi connectivity index (χ1v) is 22.4. The van der Waals surface area contributed by atoms with Gasteiger partial charge in [0.05, 0.1) is 33.9 Å². The largest absolute Gasteiger partial charge is 0.465 e. The first-order valence-electron chi connectivity index (χ1n) is 20.9. The van der Waals surface area contributed by atoms with Crippen LogP contribution >= 0.6 is 0 Å². The van der Waals surface area contributed by atoms with Crippen LogP contribution in [0.3, 0.4) is 0 Å². The fourth-order valence-corrected chi connectivity index (χ4v) is 9.97. The molecule has 1 saturated heterocycles. The van der Waals surface area contributed by atoms with Gasteiger partial charge in [0.2, 0.25) is 5.95 Å². The van der Waals surface area contributed by atoms with Gasteiger partial charge in [-0.2, -0.15) is 0 Å². The molecule has 16 heteroatoms. The second kappa shape index (κ2) is 17.0. The lowest BCUT2D eigenvalue weighted by atomic mass is 9.81. The van der Waals surface area contributed by atoms with E-state index in [0.717, 1.165) is 45.0 Å². The number of benzene rings is 3. The van der Waals surface area contributed by atoms with Crippen LogP contribution in [0.5, 0.6) is 0 Å². The van der Waals surface area contributed by atoms with E-state index in [2.05, 4.69) is 10.8 Å². The predicted molar refractivity (Wildman–Crippen MR) is 237 cm³/mol. The van der Waals surface area contributed by atoms with Crippen molar-refractivity contribution >= 4 is 44.6 Å². The molecule has 2 fully saturated rings. The zero-order valence-corrected chi connectivity index (χ0v) is 36.4. The normalized spacial score (nSPS) is 18.2. The number of ether oxygens (including phenoxy) is 1. The lowest BCUT2D eigenvalue weighted by Crippen LogP contribution is -2.50. The van der Waals surface area contributed by atoms with Crippen LogP contribution in [-0.4, -0.2) is 117 Å². The molecule has 8 rings (SSSR count). The zero-order chi connectivity index (χ0) is 44.8. The van der Waals surface area contributed by atoms with Crippen molar-refractivity contribution in [2.75, 3.05) is 45.7 Å². The van der Waals surface area contributed by atoms with Gasteiger partial charge in [-0.1, -0.05) is 54.1 Å². The molecule has 15 nitrogen and oxygen atoms in total. The SMILES string of the molecule is C#CC1CCN(c2nc(C(CC(CN(C)C(=O)O)N(C)C(=O)O)(OC3CC3)c3ccccc3)c3cc(C4=CN(C)C(O)c5c4ccn5S(=O)(=O)c4ccc(C)cc4)ccc3n2)CC1. The third-order valence-corrected chi connectivity index (χ3v) is 14.1. The monoisotopic (exact) mass is 873 g/mol. The summed E-state index contributed by atoms with van der Waals surface area (Å²) in [6.07, 6.45) is 8.13. The van der Waals surface area contributed by atoms with Crippen molar-refractivity contribution in [2.45, 2.75) is 67.9 Å². The summed E-state index contributed by atoms with van der Waals surface area (Å²) in [6, 6.07) is 22.5. The molecule has 1 aliphatic carbocycles. The maximum absolute atomic E-state index is 14.1. The second-order valence-electron chi connectivity index (χ2n) is 16.8. The number of piperidine rings is 1. The van der Waals surface area contributed by atoms with Crippen molar-refractivity contribution in [3.05, 3.63) is 125 Å². The van der Waals surface area contributed by atoms with Gasteiger partial charge in [0.1, 0.15) is 5.60 Å². The molecule has 5 aromatic rings. The smallest absolute Gasteiger partial charge is 0.407 e. The molecule has 3 aliphatic rings. The number of aliphatic hydroxyl groups is 1. The zero-order valence-electron chi connectivity index (χ0n) is 35.6. The summed E-state index contributed by atoms with van der Waals surface area (Å²) in [7, 11) is 0.395. The topological polar surface area (TPSA) is 182 Å². The van der Waals surface area contributed by atoms with Crippen LogP contribution in [-0.2, 0) is 20.4 Å². The number of nitrogens with zero attached hydrogens (tertiary/aromatic N) is 7. The minimum absolute atomic E-state index is 0.00955. The number of anilines is 1. The predicted octanol–water partition coefficient (Wildman–Crippen LogP) is 6.55. The quantitative estimate of drug-likeness (QED) is 0.109. The average Bonchev–Trinajstić information content (AvgIpc) is 3.98. The lowest BCUT2D eigenvalue weighted by Gasteiger charge is -2.41. The van der Waals surface area contributed by atoms with Crippen LogP contribution < -0.4 is 4.90 Å². The highest BCUT2D eigenvalue weighted by Gasteiger charge is 2.47. The number of fused-ring (bicyclic) bond motifs is 2. The molecule has 3 atom stereocenters. The maximum Gasteiger partial charge on any atom is 0.407 e. The number of hydrogen-bond donors (Lipinski definition) is 3. The number of rotatable bonds is 13. The molecule has 328 valence electrons. The van der Waals surface area contributed by atoms with Gasteiger partial charge in [0.25, 0.3) is 10.0 Å². The highest BCUT2D eigenvalue weighted by Crippen LogP contribution is 2.47. The number of aromatic nitrogens is 3. The van der Waals surface area contributed by atoms with E-state index in [-0.39, 0.29) is 35.6 Å². The molecule has 63 heavy (non-hydrogen) atoms. The summed E-state index contributed by atoms with van der Waals surface area (Å²) in [5.74, 6) is 3.45. The van der Waals surface area contributed by atoms with Gasteiger partial charge in [-0.3, -0.25) is 0 Å². The van der Waals surface area contributed by atoms with Gasteiger partial charge in [0, 0.05) is 82.0 Å². The maximum atomic E-state index is 14.1. The van der Waals surface area contributed by atoms with Crippen LogP contribution in [0, 0.1) is 25.2 Å². The van der Waals surface area contributed by atoms with Crippen molar-refractivity contribution in [1.29, 1.82) is 0 Å². The summed E-state index contributed by atoms with van der Waals surface area (Å²) in [4.78, 5) is 41.4. The lowest BCUT2D eigenvalue weighted by molar-refractivity contribution is -0.0536. The van der Waals surface area contributed by atoms with Crippen molar-refractivity contribution in [3.63, 3.8) is 0 Å². The van der Waals surface area contributed by atoms with Crippen LogP contribution in [0.15, 0.2) is 96.2 Å².